The molecular weight excluding hydrogens is 390 g/mol. The van der Waals surface area contributed by atoms with Crippen LogP contribution in [0.3, 0.4) is 0 Å². The Kier molecular flexibility index (Phi) is 5.47. The van der Waals surface area contributed by atoms with E-state index in [-0.39, 0.29) is 23.8 Å². The zero-order valence-corrected chi connectivity index (χ0v) is 15.6. The smallest absolute Gasteiger partial charge is 0.272 e. The molecule has 4 aromatic rings. The van der Waals surface area contributed by atoms with Crippen LogP contribution in [0.1, 0.15) is 16.1 Å². The molecule has 2 aromatic carbocycles. The van der Waals surface area contributed by atoms with Crippen molar-refractivity contribution in [3.63, 3.8) is 0 Å². The Balaban J connectivity index is 1.45. The molecule has 0 saturated carbocycles. The Morgan fingerprint density at radius 2 is 1.90 bits per heavy atom. The normalized spacial score (nSPS) is 10.6. The van der Waals surface area contributed by atoms with Gasteiger partial charge in [-0.2, -0.15) is 5.10 Å². The molecule has 0 saturated heterocycles. The number of benzene rings is 2. The van der Waals surface area contributed by atoms with E-state index in [0.717, 1.165) is 0 Å². The fourth-order valence-corrected chi connectivity index (χ4v) is 2.78. The summed E-state index contributed by atoms with van der Waals surface area (Å²) in [5.74, 6) is -0.762. The van der Waals surface area contributed by atoms with Gasteiger partial charge in [0.15, 0.2) is 5.69 Å². The minimum Gasteiger partial charge on any atom is -0.439 e. The van der Waals surface area contributed by atoms with Crippen LogP contribution in [-0.2, 0) is 6.54 Å². The van der Waals surface area contributed by atoms with Crippen molar-refractivity contribution in [3.05, 3.63) is 102 Å². The Bertz CT molecular complexity index is 1190. The first-order valence-electron chi connectivity index (χ1n) is 9.06. The molecule has 1 N–H and O–H groups in total. The molecule has 6 nitrogen and oxygen atoms in total. The molecule has 1 amide bonds. The van der Waals surface area contributed by atoms with Crippen LogP contribution in [0.4, 0.5) is 8.78 Å². The number of nitrogens with one attached hydrogen (secondary N) is 1. The molecular formula is C22H16F2N4O2. The second-order valence-corrected chi connectivity index (χ2v) is 6.31. The van der Waals surface area contributed by atoms with Crippen molar-refractivity contribution in [1.82, 2.24) is 20.1 Å². The van der Waals surface area contributed by atoms with Gasteiger partial charge in [-0.15, -0.1) is 0 Å². The van der Waals surface area contributed by atoms with Crippen molar-refractivity contribution in [3.8, 4) is 17.3 Å². The number of nitrogens with zero attached hydrogens (tertiary/aromatic N) is 3. The van der Waals surface area contributed by atoms with Gasteiger partial charge < -0.3 is 10.1 Å². The van der Waals surface area contributed by atoms with Gasteiger partial charge in [-0.05, 0) is 36.4 Å². The van der Waals surface area contributed by atoms with Crippen molar-refractivity contribution in [2.24, 2.45) is 0 Å². The van der Waals surface area contributed by atoms with Crippen LogP contribution in [0.5, 0.6) is 11.6 Å². The Labute approximate surface area is 170 Å². The summed E-state index contributed by atoms with van der Waals surface area (Å²) in [5.41, 5.74) is 0.980. The molecule has 2 aromatic heterocycles. The molecule has 0 aliphatic heterocycles. The van der Waals surface area contributed by atoms with Crippen molar-refractivity contribution < 1.29 is 18.3 Å². The van der Waals surface area contributed by atoms with Crippen molar-refractivity contribution in [2.75, 3.05) is 0 Å². The van der Waals surface area contributed by atoms with Crippen LogP contribution in [0.15, 0.2) is 79.1 Å². The zero-order chi connectivity index (χ0) is 20.9. The third-order valence-corrected chi connectivity index (χ3v) is 4.22. The molecule has 150 valence electrons. The van der Waals surface area contributed by atoms with E-state index >= 15 is 0 Å². The molecule has 0 unspecified atom stereocenters. The van der Waals surface area contributed by atoms with Crippen molar-refractivity contribution in [1.29, 1.82) is 0 Å². The van der Waals surface area contributed by atoms with Gasteiger partial charge in [-0.3, -0.25) is 4.79 Å². The first-order valence-corrected chi connectivity index (χ1v) is 9.06. The van der Waals surface area contributed by atoms with E-state index in [2.05, 4.69) is 15.4 Å². The average Bonchev–Trinajstić information content (AvgIpc) is 3.23. The lowest BCUT2D eigenvalue weighted by atomic mass is 10.2. The maximum Gasteiger partial charge on any atom is 0.272 e. The first kappa shape index (κ1) is 19.3. The predicted molar refractivity (Wildman–Crippen MR) is 105 cm³/mol. The standard InChI is InChI=1S/C22H16F2N4O2/c23-16-6-3-7-17(13-16)30-22-15(5-4-11-25-22)14-26-21(29)19-10-12-28(27-19)20-9-2-1-8-18(20)24/h1-13H,14H2,(H,26,29). The van der Waals surface area contributed by atoms with Crippen LogP contribution in [0.2, 0.25) is 0 Å². The van der Waals surface area contributed by atoms with Crippen LogP contribution >= 0.6 is 0 Å². The summed E-state index contributed by atoms with van der Waals surface area (Å²) in [6.45, 7) is 0.115. The summed E-state index contributed by atoms with van der Waals surface area (Å²) < 4.78 is 34.2. The minimum atomic E-state index is -0.443. The molecule has 0 fully saturated rings. The monoisotopic (exact) mass is 406 g/mol. The topological polar surface area (TPSA) is 69.0 Å². The molecule has 2 heterocycles. The SMILES string of the molecule is O=C(NCc1cccnc1Oc1cccc(F)c1)c1ccn(-c2ccccc2F)n1. The lowest BCUT2D eigenvalue weighted by molar-refractivity contribution is 0.0945. The molecule has 4 rings (SSSR count). The Morgan fingerprint density at radius 3 is 2.73 bits per heavy atom. The van der Waals surface area contributed by atoms with Gasteiger partial charge in [0.1, 0.15) is 23.1 Å². The van der Waals surface area contributed by atoms with E-state index in [1.807, 2.05) is 0 Å². The van der Waals surface area contributed by atoms with Gasteiger partial charge in [0, 0.05) is 30.6 Å². The first-order chi connectivity index (χ1) is 14.6. The summed E-state index contributed by atoms with van der Waals surface area (Å²) in [7, 11) is 0. The highest BCUT2D eigenvalue weighted by Crippen LogP contribution is 2.23. The molecule has 0 aliphatic carbocycles. The van der Waals surface area contributed by atoms with E-state index < -0.39 is 17.5 Å². The second-order valence-electron chi connectivity index (χ2n) is 6.31. The van der Waals surface area contributed by atoms with Gasteiger partial charge in [0.25, 0.3) is 5.91 Å². The summed E-state index contributed by atoms with van der Waals surface area (Å²) in [4.78, 5) is 16.6. The van der Waals surface area contributed by atoms with Gasteiger partial charge >= 0.3 is 0 Å². The lowest BCUT2D eigenvalue weighted by Gasteiger charge is -2.10. The fraction of sp³-hybridized carbons (Fsp3) is 0.0455. The van der Waals surface area contributed by atoms with Crippen molar-refractivity contribution in [2.45, 2.75) is 6.54 Å². The molecule has 30 heavy (non-hydrogen) atoms. The number of amides is 1. The number of carbonyl (C=O) groups is 1. The van der Waals surface area contributed by atoms with Gasteiger partial charge in [0.05, 0.1) is 0 Å². The minimum absolute atomic E-state index is 0.115. The predicted octanol–water partition coefficient (Wildman–Crippen LogP) is 4.27. The van der Waals surface area contributed by atoms with E-state index in [1.165, 1.54) is 47.4 Å². The van der Waals surface area contributed by atoms with E-state index in [9.17, 15) is 13.6 Å². The number of aromatic nitrogens is 3. The third-order valence-electron chi connectivity index (χ3n) is 4.22. The van der Waals surface area contributed by atoms with Crippen LogP contribution in [-0.4, -0.2) is 20.7 Å². The number of hydrogen-bond acceptors (Lipinski definition) is 4. The van der Waals surface area contributed by atoms with E-state index in [1.54, 1.807) is 36.4 Å². The number of para-hydroxylation sites is 1. The molecule has 8 heteroatoms. The van der Waals surface area contributed by atoms with Crippen LogP contribution in [0.25, 0.3) is 5.69 Å². The summed E-state index contributed by atoms with van der Waals surface area (Å²) in [5, 5.41) is 6.86. The number of rotatable bonds is 6. The molecule has 0 atom stereocenters. The number of ether oxygens (including phenoxy) is 1. The average molecular weight is 406 g/mol. The lowest BCUT2D eigenvalue weighted by Crippen LogP contribution is -2.23. The number of carbonyl (C=O) groups excluding carboxylic acids is 1. The fourth-order valence-electron chi connectivity index (χ4n) is 2.78. The molecule has 0 aliphatic rings. The van der Waals surface area contributed by atoms with E-state index in [4.69, 9.17) is 4.74 Å². The third kappa shape index (κ3) is 4.33. The maximum atomic E-state index is 13.9. The molecule has 0 bridgehead atoms. The molecule has 0 radical (unpaired) electrons. The Hall–Kier alpha value is -4.07. The second kappa shape index (κ2) is 8.52. The maximum absolute atomic E-state index is 13.9. The summed E-state index contributed by atoms with van der Waals surface area (Å²) in [6.07, 6.45) is 3.05. The largest absolute Gasteiger partial charge is 0.439 e. The van der Waals surface area contributed by atoms with Gasteiger partial charge in [0.2, 0.25) is 5.88 Å². The van der Waals surface area contributed by atoms with Gasteiger partial charge in [-0.25, -0.2) is 18.4 Å². The summed E-state index contributed by atoms with van der Waals surface area (Å²) in [6, 6.07) is 16.8. The van der Waals surface area contributed by atoms with E-state index in [0.29, 0.717) is 11.3 Å². The quantitative estimate of drug-likeness (QED) is 0.519. The summed E-state index contributed by atoms with van der Waals surface area (Å²) >= 11 is 0. The highest BCUT2D eigenvalue weighted by molar-refractivity contribution is 5.92. The van der Waals surface area contributed by atoms with Crippen LogP contribution in [0, 0.1) is 11.6 Å². The highest BCUT2D eigenvalue weighted by atomic mass is 19.1. The number of hydrogen-bond donors (Lipinski definition) is 1. The van der Waals surface area contributed by atoms with Crippen LogP contribution < -0.4 is 10.1 Å². The highest BCUT2D eigenvalue weighted by Gasteiger charge is 2.13. The zero-order valence-electron chi connectivity index (χ0n) is 15.6. The number of pyridine rings is 1. The van der Waals surface area contributed by atoms with Gasteiger partial charge in [-0.1, -0.05) is 24.3 Å². The Morgan fingerprint density at radius 1 is 1.03 bits per heavy atom. The van der Waals surface area contributed by atoms with Crippen molar-refractivity contribution >= 4 is 5.91 Å². The molecule has 0 spiro atoms. The number of halogens is 2.